The van der Waals surface area contributed by atoms with Crippen LogP contribution in [0.15, 0.2) is 0 Å². The van der Waals surface area contributed by atoms with Crippen molar-refractivity contribution in [3.63, 3.8) is 0 Å². The third-order valence-corrected chi connectivity index (χ3v) is 2.45. The summed E-state index contributed by atoms with van der Waals surface area (Å²) in [6, 6.07) is -0.132. The average molecular weight is 172 g/mol. The summed E-state index contributed by atoms with van der Waals surface area (Å²) in [6.45, 7) is 4.10. The maximum absolute atomic E-state index is 9.39. The standard InChI is InChI=1S/C8H16N2O2/c1-3-7(9)10-4-6(11)8(12)5(10)2/h5-6,8-9,11-12H,3-4H2,1-2H3. The highest BCUT2D eigenvalue weighted by Gasteiger charge is 2.37. The van der Waals surface area contributed by atoms with Crippen LogP contribution >= 0.6 is 0 Å². The average Bonchev–Trinajstić information content (AvgIpc) is 2.32. The zero-order chi connectivity index (χ0) is 9.30. The van der Waals surface area contributed by atoms with Crippen molar-refractivity contribution in [3.05, 3.63) is 0 Å². The Morgan fingerprint density at radius 2 is 2.17 bits per heavy atom. The van der Waals surface area contributed by atoms with Gasteiger partial charge in [0.15, 0.2) is 0 Å². The van der Waals surface area contributed by atoms with E-state index in [9.17, 15) is 10.2 Å². The number of aliphatic hydroxyl groups is 2. The van der Waals surface area contributed by atoms with Crippen LogP contribution in [0.2, 0.25) is 0 Å². The lowest BCUT2D eigenvalue weighted by atomic mass is 10.2. The molecule has 0 spiro atoms. The molecule has 12 heavy (non-hydrogen) atoms. The van der Waals surface area contributed by atoms with Crippen molar-refractivity contribution in [1.82, 2.24) is 4.90 Å². The number of likely N-dealkylation sites (tertiary alicyclic amines) is 1. The first-order chi connectivity index (χ1) is 5.57. The van der Waals surface area contributed by atoms with Gasteiger partial charge in [0.2, 0.25) is 0 Å². The summed E-state index contributed by atoms with van der Waals surface area (Å²) in [4.78, 5) is 1.75. The molecule has 1 aliphatic heterocycles. The second kappa shape index (κ2) is 3.41. The fourth-order valence-corrected chi connectivity index (χ4v) is 1.54. The third-order valence-electron chi connectivity index (χ3n) is 2.45. The predicted molar refractivity (Wildman–Crippen MR) is 46.2 cm³/mol. The van der Waals surface area contributed by atoms with Crippen molar-refractivity contribution in [2.45, 2.75) is 38.5 Å². The molecule has 3 N–H and O–H groups in total. The van der Waals surface area contributed by atoms with Crippen LogP contribution in [0, 0.1) is 5.41 Å². The highest BCUT2D eigenvalue weighted by Crippen LogP contribution is 2.18. The van der Waals surface area contributed by atoms with E-state index in [-0.39, 0.29) is 6.04 Å². The predicted octanol–water partition coefficient (Wildman–Crippen LogP) is -0.200. The van der Waals surface area contributed by atoms with Crippen molar-refractivity contribution in [1.29, 1.82) is 5.41 Å². The Balaban J connectivity index is 2.64. The summed E-state index contributed by atoms with van der Waals surface area (Å²) >= 11 is 0. The van der Waals surface area contributed by atoms with E-state index >= 15 is 0 Å². The van der Waals surface area contributed by atoms with Gasteiger partial charge in [-0.05, 0) is 6.92 Å². The van der Waals surface area contributed by atoms with Gasteiger partial charge in [-0.3, -0.25) is 5.41 Å². The molecule has 0 radical (unpaired) electrons. The zero-order valence-corrected chi connectivity index (χ0v) is 7.49. The maximum atomic E-state index is 9.39. The van der Waals surface area contributed by atoms with Crippen LogP contribution in [0.5, 0.6) is 0 Å². The van der Waals surface area contributed by atoms with Crippen LogP contribution in [0.4, 0.5) is 0 Å². The molecule has 3 unspecified atom stereocenters. The SMILES string of the molecule is CCC(=N)N1CC(O)C(O)C1C. The molecule has 1 heterocycles. The number of amidine groups is 1. The van der Waals surface area contributed by atoms with Crippen LogP contribution in [0.25, 0.3) is 0 Å². The molecule has 0 aromatic rings. The minimum absolute atomic E-state index is 0.132. The van der Waals surface area contributed by atoms with Crippen molar-refractivity contribution < 1.29 is 10.2 Å². The first-order valence-electron chi connectivity index (χ1n) is 4.28. The van der Waals surface area contributed by atoms with Crippen LogP contribution < -0.4 is 0 Å². The number of nitrogens with one attached hydrogen (secondary N) is 1. The molecule has 0 aromatic heterocycles. The molecule has 70 valence electrons. The first kappa shape index (κ1) is 9.48. The fraction of sp³-hybridized carbons (Fsp3) is 0.875. The van der Waals surface area contributed by atoms with E-state index in [4.69, 9.17) is 5.41 Å². The second-order valence-electron chi connectivity index (χ2n) is 3.25. The molecule has 1 fully saturated rings. The molecule has 4 heteroatoms. The normalized spacial score (nSPS) is 35.7. The molecular formula is C8H16N2O2. The zero-order valence-electron chi connectivity index (χ0n) is 7.49. The molecule has 4 nitrogen and oxygen atoms in total. The Hall–Kier alpha value is -0.610. The second-order valence-corrected chi connectivity index (χ2v) is 3.25. The van der Waals surface area contributed by atoms with E-state index in [1.807, 2.05) is 13.8 Å². The summed E-state index contributed by atoms with van der Waals surface area (Å²) in [5.74, 6) is 0.484. The summed E-state index contributed by atoms with van der Waals surface area (Å²) in [6.07, 6.45) is -0.771. The van der Waals surface area contributed by atoms with Crippen LogP contribution in [0.1, 0.15) is 20.3 Å². The molecule has 0 aliphatic carbocycles. The first-order valence-corrected chi connectivity index (χ1v) is 4.28. The van der Waals surface area contributed by atoms with E-state index in [1.54, 1.807) is 4.90 Å². The summed E-state index contributed by atoms with van der Waals surface area (Å²) in [7, 11) is 0. The van der Waals surface area contributed by atoms with Gasteiger partial charge in [0, 0.05) is 13.0 Å². The third kappa shape index (κ3) is 1.44. The lowest BCUT2D eigenvalue weighted by molar-refractivity contribution is 0.0426. The largest absolute Gasteiger partial charge is 0.388 e. The van der Waals surface area contributed by atoms with Gasteiger partial charge in [0.1, 0.15) is 6.10 Å². The van der Waals surface area contributed by atoms with E-state index in [2.05, 4.69) is 0 Å². The Labute approximate surface area is 72.3 Å². The van der Waals surface area contributed by atoms with Gasteiger partial charge in [-0.25, -0.2) is 0 Å². The van der Waals surface area contributed by atoms with Gasteiger partial charge < -0.3 is 15.1 Å². The van der Waals surface area contributed by atoms with Crippen molar-refractivity contribution >= 4 is 5.84 Å². The molecule has 1 saturated heterocycles. The van der Waals surface area contributed by atoms with Gasteiger partial charge in [-0.15, -0.1) is 0 Å². The van der Waals surface area contributed by atoms with E-state index in [1.165, 1.54) is 0 Å². The number of hydrogen-bond acceptors (Lipinski definition) is 3. The highest BCUT2D eigenvalue weighted by molar-refractivity contribution is 5.79. The Morgan fingerprint density at radius 1 is 1.58 bits per heavy atom. The Kier molecular flexibility index (Phi) is 2.69. The number of rotatable bonds is 1. The quantitative estimate of drug-likeness (QED) is 0.379. The van der Waals surface area contributed by atoms with Crippen molar-refractivity contribution in [3.8, 4) is 0 Å². The topological polar surface area (TPSA) is 67.6 Å². The van der Waals surface area contributed by atoms with Gasteiger partial charge in [0.05, 0.1) is 18.0 Å². The number of hydrogen-bond donors (Lipinski definition) is 3. The molecule has 0 aromatic carbocycles. The minimum Gasteiger partial charge on any atom is -0.388 e. The van der Waals surface area contributed by atoms with Crippen molar-refractivity contribution in [2.75, 3.05) is 6.54 Å². The van der Waals surface area contributed by atoms with Gasteiger partial charge in [-0.1, -0.05) is 6.92 Å². The molecule has 1 aliphatic rings. The van der Waals surface area contributed by atoms with Crippen LogP contribution in [-0.2, 0) is 0 Å². The Bertz CT molecular complexity index is 184. The highest BCUT2D eigenvalue weighted by atomic mass is 16.3. The molecule has 3 atom stereocenters. The van der Waals surface area contributed by atoms with E-state index < -0.39 is 12.2 Å². The van der Waals surface area contributed by atoms with Crippen LogP contribution in [-0.4, -0.2) is 45.7 Å². The number of β-amino-alcohol motifs (C(OH)–C–C–N with tert-alkyl or cyclic N) is 1. The fourth-order valence-electron chi connectivity index (χ4n) is 1.54. The molecule has 0 saturated carbocycles. The molecule has 0 amide bonds. The Morgan fingerprint density at radius 3 is 2.50 bits per heavy atom. The molecule has 0 bridgehead atoms. The van der Waals surface area contributed by atoms with Crippen molar-refractivity contribution in [2.24, 2.45) is 0 Å². The lowest BCUT2D eigenvalue weighted by Crippen LogP contribution is -2.36. The molecule has 1 rings (SSSR count). The summed E-state index contributed by atoms with van der Waals surface area (Å²) in [5, 5.41) is 26.2. The summed E-state index contributed by atoms with van der Waals surface area (Å²) in [5.41, 5.74) is 0. The lowest BCUT2D eigenvalue weighted by Gasteiger charge is -2.23. The van der Waals surface area contributed by atoms with E-state index in [0.29, 0.717) is 18.8 Å². The summed E-state index contributed by atoms with van der Waals surface area (Å²) < 4.78 is 0. The number of aliphatic hydroxyl groups excluding tert-OH is 2. The monoisotopic (exact) mass is 172 g/mol. The van der Waals surface area contributed by atoms with Gasteiger partial charge in [0.25, 0.3) is 0 Å². The van der Waals surface area contributed by atoms with Gasteiger partial charge >= 0.3 is 0 Å². The van der Waals surface area contributed by atoms with Gasteiger partial charge in [-0.2, -0.15) is 0 Å². The maximum Gasteiger partial charge on any atom is 0.102 e. The van der Waals surface area contributed by atoms with E-state index in [0.717, 1.165) is 0 Å². The van der Waals surface area contributed by atoms with Crippen LogP contribution in [0.3, 0.4) is 0 Å². The number of nitrogens with zero attached hydrogens (tertiary/aromatic N) is 1. The molecular weight excluding hydrogens is 156 g/mol. The minimum atomic E-state index is -0.711. The smallest absolute Gasteiger partial charge is 0.102 e.